The van der Waals surface area contributed by atoms with E-state index < -0.39 is 0 Å². The molecule has 0 spiro atoms. The quantitative estimate of drug-likeness (QED) is 0.614. The van der Waals surface area contributed by atoms with E-state index in [9.17, 15) is 0 Å². The van der Waals surface area contributed by atoms with Gasteiger partial charge in [-0.25, -0.2) is 0 Å². The Hall–Kier alpha value is -0.0800. The molecular weight excluding hydrogens is 136 g/mol. The Morgan fingerprint density at radius 1 is 1.09 bits per heavy atom. The van der Waals surface area contributed by atoms with E-state index >= 15 is 0 Å². The smallest absolute Gasteiger partial charge is 0.0603 e. The summed E-state index contributed by atoms with van der Waals surface area (Å²) in [6.07, 6.45) is 1.16. The van der Waals surface area contributed by atoms with E-state index in [1.807, 2.05) is 13.8 Å². The van der Waals surface area contributed by atoms with Crippen molar-refractivity contribution >= 4 is 0 Å². The first kappa shape index (κ1) is 10.9. The molecule has 0 atom stereocenters. The van der Waals surface area contributed by atoms with Gasteiger partial charge in [-0.3, -0.25) is 5.32 Å². The molecule has 0 bridgehead atoms. The third-order valence-corrected chi connectivity index (χ3v) is 1.46. The Bertz CT molecular complexity index is 91.7. The summed E-state index contributed by atoms with van der Waals surface area (Å²) in [4.78, 5) is 0. The molecule has 0 aliphatic rings. The number of rotatable bonds is 3. The first-order chi connectivity index (χ1) is 4.71. The lowest BCUT2D eigenvalue weighted by molar-refractivity contribution is 0.324. The van der Waals surface area contributed by atoms with Crippen LogP contribution in [0.15, 0.2) is 0 Å². The van der Waals surface area contributed by atoms with Crippen molar-refractivity contribution in [2.45, 2.75) is 46.7 Å². The molecular formula is C9H22N2. The molecule has 0 saturated heterocycles. The third kappa shape index (κ3) is 9.92. The third-order valence-electron chi connectivity index (χ3n) is 1.46. The Kier molecular flexibility index (Phi) is 3.52. The first-order valence-electron chi connectivity index (χ1n) is 4.25. The molecule has 0 rings (SSSR count). The fourth-order valence-electron chi connectivity index (χ4n) is 0.760. The maximum absolute atomic E-state index is 5.75. The van der Waals surface area contributed by atoms with E-state index in [0.717, 1.165) is 13.0 Å². The van der Waals surface area contributed by atoms with Crippen LogP contribution in [-0.2, 0) is 0 Å². The van der Waals surface area contributed by atoms with Gasteiger partial charge in [0.2, 0.25) is 0 Å². The summed E-state index contributed by atoms with van der Waals surface area (Å²) in [5.41, 5.74) is 5.92. The van der Waals surface area contributed by atoms with Crippen LogP contribution in [0, 0.1) is 5.41 Å². The highest BCUT2D eigenvalue weighted by Gasteiger charge is 2.13. The molecule has 0 aromatic carbocycles. The van der Waals surface area contributed by atoms with E-state index in [1.54, 1.807) is 0 Å². The van der Waals surface area contributed by atoms with E-state index in [2.05, 4.69) is 26.1 Å². The van der Waals surface area contributed by atoms with Crippen LogP contribution in [-0.4, -0.2) is 12.2 Å². The maximum Gasteiger partial charge on any atom is 0.0603 e. The first-order valence-corrected chi connectivity index (χ1v) is 4.25. The molecule has 2 nitrogen and oxygen atoms in total. The second kappa shape index (κ2) is 3.55. The normalized spacial score (nSPS) is 13.6. The topological polar surface area (TPSA) is 38.0 Å². The summed E-state index contributed by atoms with van der Waals surface area (Å²) in [5.74, 6) is 0. The molecule has 0 aromatic rings. The summed E-state index contributed by atoms with van der Waals surface area (Å²) < 4.78 is 0. The van der Waals surface area contributed by atoms with Gasteiger partial charge in [-0.1, -0.05) is 20.8 Å². The number of hydrogen-bond donors (Lipinski definition) is 2. The monoisotopic (exact) mass is 158 g/mol. The number of nitrogens with two attached hydrogens (primary N) is 1. The molecule has 0 unspecified atom stereocenters. The van der Waals surface area contributed by atoms with Gasteiger partial charge in [-0.05, 0) is 32.2 Å². The number of nitrogens with one attached hydrogen (secondary N) is 1. The van der Waals surface area contributed by atoms with Gasteiger partial charge in [0.15, 0.2) is 0 Å². The maximum atomic E-state index is 5.75. The second-order valence-corrected chi connectivity index (χ2v) is 4.96. The Labute approximate surface area is 70.5 Å². The predicted octanol–water partition coefficient (Wildman–Crippen LogP) is 1.71. The molecule has 0 heterocycles. The average Bonchev–Trinajstić information content (AvgIpc) is 1.55. The Morgan fingerprint density at radius 2 is 1.55 bits per heavy atom. The van der Waals surface area contributed by atoms with Crippen LogP contribution in [0.25, 0.3) is 0 Å². The molecule has 0 fully saturated rings. The van der Waals surface area contributed by atoms with Gasteiger partial charge in [0.25, 0.3) is 0 Å². The van der Waals surface area contributed by atoms with Gasteiger partial charge >= 0.3 is 0 Å². The Morgan fingerprint density at radius 3 is 1.82 bits per heavy atom. The minimum atomic E-state index is -0.231. The standard InChI is InChI=1S/C9H22N2/c1-8(2,3)6-7-11-9(4,5)10/h11H,6-7,10H2,1-5H3. The van der Waals surface area contributed by atoms with Gasteiger partial charge in [0.1, 0.15) is 0 Å². The van der Waals surface area contributed by atoms with Crippen LogP contribution in [0.2, 0.25) is 0 Å². The molecule has 0 radical (unpaired) electrons. The molecule has 0 aliphatic carbocycles. The predicted molar refractivity (Wildman–Crippen MR) is 50.3 cm³/mol. The van der Waals surface area contributed by atoms with Crippen molar-refractivity contribution in [2.24, 2.45) is 11.1 Å². The summed E-state index contributed by atoms with van der Waals surface area (Å²) in [5, 5.41) is 3.26. The van der Waals surface area contributed by atoms with Gasteiger partial charge in [-0.15, -0.1) is 0 Å². The SMILES string of the molecule is CC(C)(C)CCNC(C)(C)N. The van der Waals surface area contributed by atoms with Crippen molar-refractivity contribution in [1.29, 1.82) is 0 Å². The van der Waals surface area contributed by atoms with Crippen molar-refractivity contribution in [3.05, 3.63) is 0 Å². The molecule has 0 amide bonds. The summed E-state index contributed by atoms with van der Waals surface area (Å²) in [6.45, 7) is 11.7. The van der Waals surface area contributed by atoms with E-state index in [-0.39, 0.29) is 5.66 Å². The van der Waals surface area contributed by atoms with Crippen LogP contribution in [0.3, 0.4) is 0 Å². The van der Waals surface area contributed by atoms with Crippen molar-refractivity contribution in [2.75, 3.05) is 6.54 Å². The fraction of sp³-hybridized carbons (Fsp3) is 1.00. The van der Waals surface area contributed by atoms with Crippen molar-refractivity contribution in [1.82, 2.24) is 5.32 Å². The highest BCUT2D eigenvalue weighted by Crippen LogP contribution is 2.17. The zero-order valence-corrected chi connectivity index (χ0v) is 8.49. The minimum absolute atomic E-state index is 0.231. The van der Waals surface area contributed by atoms with Gasteiger partial charge in [0, 0.05) is 0 Å². The molecule has 11 heavy (non-hydrogen) atoms. The number of hydrogen-bond acceptors (Lipinski definition) is 2. The van der Waals surface area contributed by atoms with Crippen LogP contribution >= 0.6 is 0 Å². The van der Waals surface area contributed by atoms with E-state index in [0.29, 0.717) is 5.41 Å². The highest BCUT2D eigenvalue weighted by molar-refractivity contribution is 4.70. The molecule has 0 aliphatic heterocycles. The van der Waals surface area contributed by atoms with Crippen LogP contribution in [0.5, 0.6) is 0 Å². The lowest BCUT2D eigenvalue weighted by atomic mass is 9.92. The molecule has 2 heteroatoms. The Balaban J connectivity index is 3.44. The minimum Gasteiger partial charge on any atom is -0.314 e. The lowest BCUT2D eigenvalue weighted by Gasteiger charge is -2.24. The fourth-order valence-corrected chi connectivity index (χ4v) is 0.760. The highest BCUT2D eigenvalue weighted by atomic mass is 15.1. The molecule has 68 valence electrons. The van der Waals surface area contributed by atoms with Gasteiger partial charge in [-0.2, -0.15) is 0 Å². The zero-order valence-electron chi connectivity index (χ0n) is 8.49. The van der Waals surface area contributed by atoms with E-state index in [1.165, 1.54) is 0 Å². The van der Waals surface area contributed by atoms with Crippen molar-refractivity contribution < 1.29 is 0 Å². The van der Waals surface area contributed by atoms with E-state index in [4.69, 9.17) is 5.73 Å². The summed E-state index contributed by atoms with van der Waals surface area (Å²) >= 11 is 0. The van der Waals surface area contributed by atoms with Crippen LogP contribution in [0.4, 0.5) is 0 Å². The van der Waals surface area contributed by atoms with Crippen molar-refractivity contribution in [3.63, 3.8) is 0 Å². The van der Waals surface area contributed by atoms with Crippen LogP contribution in [0.1, 0.15) is 41.0 Å². The molecule has 3 N–H and O–H groups in total. The lowest BCUT2D eigenvalue weighted by Crippen LogP contribution is -2.48. The van der Waals surface area contributed by atoms with Crippen molar-refractivity contribution in [3.8, 4) is 0 Å². The largest absolute Gasteiger partial charge is 0.314 e. The molecule has 0 aromatic heterocycles. The molecule has 0 saturated carbocycles. The van der Waals surface area contributed by atoms with Gasteiger partial charge < -0.3 is 5.73 Å². The second-order valence-electron chi connectivity index (χ2n) is 4.96. The average molecular weight is 158 g/mol. The summed E-state index contributed by atoms with van der Waals surface area (Å²) in [6, 6.07) is 0. The summed E-state index contributed by atoms with van der Waals surface area (Å²) in [7, 11) is 0. The van der Waals surface area contributed by atoms with Crippen LogP contribution < -0.4 is 11.1 Å². The zero-order chi connectivity index (χ0) is 9.12. The van der Waals surface area contributed by atoms with Gasteiger partial charge in [0.05, 0.1) is 5.66 Å².